The summed E-state index contributed by atoms with van der Waals surface area (Å²) in [5, 5.41) is 11.0. The van der Waals surface area contributed by atoms with Crippen LogP contribution in [0.1, 0.15) is 17.9 Å². The van der Waals surface area contributed by atoms with Gasteiger partial charge in [-0.25, -0.2) is 9.18 Å². The van der Waals surface area contributed by atoms with Crippen molar-refractivity contribution < 1.29 is 27.8 Å². The highest BCUT2D eigenvalue weighted by molar-refractivity contribution is 8.24. The molecule has 8 nitrogen and oxygen atoms in total. The number of carbonyl (C=O) groups is 2. The molecule has 1 aromatic rings. The number of hydrogen-bond acceptors (Lipinski definition) is 6. The number of rotatable bonds is 5. The van der Waals surface area contributed by atoms with Crippen molar-refractivity contribution in [1.29, 1.82) is 5.26 Å². The van der Waals surface area contributed by atoms with Crippen LogP contribution in [0.4, 0.5) is 14.9 Å². The Kier molecular flexibility index (Phi) is 4.69. The number of fused-ring (bicyclic) bond motifs is 1. The monoisotopic (exact) mass is 409 g/mol. The summed E-state index contributed by atoms with van der Waals surface area (Å²) in [6.45, 7) is 0.251. The van der Waals surface area contributed by atoms with Crippen LogP contribution in [-0.2, 0) is 9.53 Å². The fourth-order valence-corrected chi connectivity index (χ4v) is 6.48. The predicted octanol–water partition coefficient (Wildman–Crippen LogP) is 2.27. The lowest BCUT2D eigenvalue weighted by atomic mass is 10.1. The molecule has 28 heavy (non-hydrogen) atoms. The van der Waals surface area contributed by atoms with E-state index in [0.29, 0.717) is 22.8 Å². The molecule has 4 atom stereocenters. The van der Waals surface area contributed by atoms with Gasteiger partial charge in [-0.15, -0.1) is 0 Å². The number of hydrogen-bond donors (Lipinski definition) is 3. The van der Waals surface area contributed by atoms with Crippen LogP contribution in [0.3, 0.4) is 0 Å². The molecule has 10 heteroatoms. The van der Waals surface area contributed by atoms with Crippen LogP contribution in [0.5, 0.6) is 0 Å². The Hall–Kier alpha value is -2.35. The third kappa shape index (κ3) is 3.53. The largest absolute Gasteiger partial charge is 0.442 e. The van der Waals surface area contributed by atoms with E-state index in [0.717, 1.165) is 0 Å². The standard InChI is InChI=1S/C18H20FN3O5S/c19-15-5-10(1-2-12(15)17-13-8-28(25,26)9-14(13)17)22-7-11(27-18(22)24)6-21-16(23)3-4-20/h1-2,5,11,13-14,17,25-26H,3,6-9H2,(H,21,23)/t11-,13-,14+,17?/m0/s1. The number of nitrogens with zero attached hydrogens (tertiary/aromatic N) is 2. The molecule has 150 valence electrons. The molecule has 1 unspecified atom stereocenters. The zero-order chi connectivity index (χ0) is 20.1. The highest BCUT2D eigenvalue weighted by Crippen LogP contribution is 2.69. The van der Waals surface area contributed by atoms with Crippen LogP contribution in [-0.4, -0.2) is 51.8 Å². The Balaban J connectivity index is 1.39. The summed E-state index contributed by atoms with van der Waals surface area (Å²) in [5.74, 6) is 0.0306. The van der Waals surface area contributed by atoms with E-state index in [9.17, 15) is 23.1 Å². The molecule has 0 bridgehead atoms. The van der Waals surface area contributed by atoms with Crippen molar-refractivity contribution in [1.82, 2.24) is 5.32 Å². The van der Waals surface area contributed by atoms with Crippen LogP contribution >= 0.6 is 10.6 Å². The smallest absolute Gasteiger partial charge is 0.414 e. The van der Waals surface area contributed by atoms with Gasteiger partial charge in [0.05, 0.1) is 24.8 Å². The van der Waals surface area contributed by atoms with Gasteiger partial charge in [-0.3, -0.25) is 18.8 Å². The van der Waals surface area contributed by atoms with Gasteiger partial charge in [0, 0.05) is 11.5 Å². The molecule has 1 aliphatic carbocycles. The van der Waals surface area contributed by atoms with E-state index >= 15 is 0 Å². The van der Waals surface area contributed by atoms with Crippen molar-refractivity contribution in [3.05, 3.63) is 29.6 Å². The molecule has 2 amide bonds. The van der Waals surface area contributed by atoms with Gasteiger partial charge >= 0.3 is 6.09 Å². The molecule has 0 spiro atoms. The summed E-state index contributed by atoms with van der Waals surface area (Å²) in [4.78, 5) is 24.7. The first-order valence-corrected chi connectivity index (χ1v) is 10.8. The summed E-state index contributed by atoms with van der Waals surface area (Å²) < 4.78 is 39.3. The number of nitrogens with one attached hydrogen (secondary N) is 1. The molecule has 4 rings (SSSR count). The second-order valence-electron chi connectivity index (χ2n) is 7.45. The normalized spacial score (nSPS) is 30.9. The molecule has 1 saturated carbocycles. The van der Waals surface area contributed by atoms with Crippen molar-refractivity contribution in [3.8, 4) is 6.07 Å². The minimum atomic E-state index is -2.49. The van der Waals surface area contributed by atoms with Crippen LogP contribution in [0.15, 0.2) is 18.2 Å². The average molecular weight is 409 g/mol. The zero-order valence-corrected chi connectivity index (χ0v) is 15.7. The fourth-order valence-electron chi connectivity index (χ4n) is 4.20. The van der Waals surface area contributed by atoms with Gasteiger partial charge in [0.15, 0.2) is 0 Å². The van der Waals surface area contributed by atoms with E-state index in [1.54, 1.807) is 18.2 Å². The molecule has 2 heterocycles. The molecule has 0 aromatic heterocycles. The minimum absolute atomic E-state index is 0.00241. The molecule has 3 aliphatic rings. The number of cyclic esters (lactones) is 1. The van der Waals surface area contributed by atoms with E-state index < -0.39 is 34.5 Å². The first-order chi connectivity index (χ1) is 13.3. The fraction of sp³-hybridized carbons (Fsp3) is 0.500. The first kappa shape index (κ1) is 19.0. The average Bonchev–Trinajstić information content (AvgIpc) is 2.97. The molecule has 1 aromatic carbocycles. The maximum atomic E-state index is 14.7. The SMILES string of the molecule is N#CCC(=O)NC[C@H]1CN(c2ccc(C3[C@H]4CS(O)(O)C[C@@H]34)c(F)c2)C(=O)O1. The summed E-state index contributed by atoms with van der Waals surface area (Å²) in [6.07, 6.45) is -1.47. The second-order valence-corrected chi connectivity index (χ2v) is 9.72. The van der Waals surface area contributed by atoms with Crippen molar-refractivity contribution in [2.45, 2.75) is 18.4 Å². The van der Waals surface area contributed by atoms with E-state index in [4.69, 9.17) is 10.00 Å². The highest BCUT2D eigenvalue weighted by atomic mass is 32.3. The highest BCUT2D eigenvalue weighted by Gasteiger charge is 2.59. The van der Waals surface area contributed by atoms with Gasteiger partial charge in [0.25, 0.3) is 0 Å². The third-order valence-corrected chi connectivity index (χ3v) is 7.38. The minimum Gasteiger partial charge on any atom is -0.442 e. The Labute approximate surface area is 162 Å². The molecule has 0 radical (unpaired) electrons. The quantitative estimate of drug-likeness (QED) is 0.686. The van der Waals surface area contributed by atoms with E-state index in [2.05, 4.69) is 5.32 Å². The van der Waals surface area contributed by atoms with Crippen molar-refractivity contribution in [3.63, 3.8) is 0 Å². The predicted molar refractivity (Wildman–Crippen MR) is 99.6 cm³/mol. The van der Waals surface area contributed by atoms with Gasteiger partial charge in [-0.2, -0.15) is 15.9 Å². The number of ether oxygens (including phenoxy) is 1. The molecule has 2 aliphatic heterocycles. The van der Waals surface area contributed by atoms with E-state index in [1.165, 1.54) is 11.0 Å². The summed E-state index contributed by atoms with van der Waals surface area (Å²) in [7, 11) is -2.49. The van der Waals surface area contributed by atoms with Gasteiger partial charge in [0.1, 0.15) is 18.3 Å². The van der Waals surface area contributed by atoms with Crippen LogP contribution < -0.4 is 10.2 Å². The van der Waals surface area contributed by atoms with Crippen LogP contribution in [0.25, 0.3) is 0 Å². The number of nitriles is 1. The van der Waals surface area contributed by atoms with Crippen LogP contribution in [0.2, 0.25) is 0 Å². The van der Waals surface area contributed by atoms with E-state index in [1.807, 2.05) is 0 Å². The first-order valence-electron chi connectivity index (χ1n) is 8.94. The van der Waals surface area contributed by atoms with Gasteiger partial charge in [-0.1, -0.05) is 6.07 Å². The second kappa shape index (κ2) is 6.92. The summed E-state index contributed by atoms with van der Waals surface area (Å²) >= 11 is 0. The Bertz CT molecular complexity index is 859. The molecule has 3 fully saturated rings. The maximum Gasteiger partial charge on any atom is 0.414 e. The van der Waals surface area contributed by atoms with Gasteiger partial charge in [0.2, 0.25) is 5.91 Å². The van der Waals surface area contributed by atoms with Gasteiger partial charge < -0.3 is 10.1 Å². The van der Waals surface area contributed by atoms with Crippen LogP contribution in [0, 0.1) is 29.0 Å². The molecule has 3 N–H and O–H groups in total. The lowest BCUT2D eigenvalue weighted by Crippen LogP contribution is -2.34. The third-order valence-electron chi connectivity index (χ3n) is 5.55. The van der Waals surface area contributed by atoms with Crippen molar-refractivity contribution in [2.75, 3.05) is 29.5 Å². The molecular weight excluding hydrogens is 389 g/mol. The number of amides is 2. The Morgan fingerprint density at radius 2 is 2.11 bits per heavy atom. The lowest BCUT2D eigenvalue weighted by Gasteiger charge is -2.29. The van der Waals surface area contributed by atoms with E-state index in [-0.39, 0.29) is 37.3 Å². The zero-order valence-electron chi connectivity index (χ0n) is 14.9. The lowest BCUT2D eigenvalue weighted by molar-refractivity contribution is -0.120. The number of benzene rings is 1. The summed E-state index contributed by atoms with van der Waals surface area (Å²) in [6, 6.07) is 6.33. The van der Waals surface area contributed by atoms with Gasteiger partial charge in [-0.05, 0) is 35.4 Å². The molecular formula is C18H20FN3O5S. The maximum absolute atomic E-state index is 14.7. The number of halogens is 1. The summed E-state index contributed by atoms with van der Waals surface area (Å²) in [5.41, 5.74) is 0.911. The van der Waals surface area contributed by atoms with Crippen molar-refractivity contribution in [2.24, 2.45) is 11.8 Å². The topological polar surface area (TPSA) is 123 Å². The Morgan fingerprint density at radius 1 is 1.39 bits per heavy atom. The number of anilines is 1. The number of carbonyl (C=O) groups excluding carboxylic acids is 2. The molecule has 2 saturated heterocycles. The van der Waals surface area contributed by atoms with Crippen molar-refractivity contribution >= 4 is 28.3 Å². The Morgan fingerprint density at radius 3 is 2.75 bits per heavy atom.